The van der Waals surface area contributed by atoms with Gasteiger partial charge in [-0.15, -0.1) is 11.3 Å². The van der Waals surface area contributed by atoms with Gasteiger partial charge in [0.05, 0.1) is 21.5 Å². The van der Waals surface area contributed by atoms with Crippen LogP contribution < -0.4 is 21.3 Å². The molecule has 3 aromatic heterocycles. The summed E-state index contributed by atoms with van der Waals surface area (Å²) in [7, 11) is 0. The van der Waals surface area contributed by atoms with Crippen molar-refractivity contribution in [1.82, 2.24) is 25.3 Å². The highest BCUT2D eigenvalue weighted by molar-refractivity contribution is 7.11. The van der Waals surface area contributed by atoms with Crippen molar-refractivity contribution in [2.24, 2.45) is 11.7 Å². The van der Waals surface area contributed by atoms with Crippen molar-refractivity contribution in [3.63, 3.8) is 0 Å². The molecule has 0 saturated carbocycles. The first-order valence-corrected chi connectivity index (χ1v) is 12.5. The second kappa shape index (κ2) is 11.1. The number of carbonyl (C=O) groups is 1. The summed E-state index contributed by atoms with van der Waals surface area (Å²) in [5.41, 5.74) is 4.87. The fraction of sp³-hybridized carbons (Fsp3) is 0.409. The van der Waals surface area contributed by atoms with E-state index in [1.807, 2.05) is 0 Å². The molecule has 5 N–H and O–H groups in total. The number of alkyl halides is 3. The summed E-state index contributed by atoms with van der Waals surface area (Å²) in [6.45, 7) is 3.88. The molecule has 2 unspecified atom stereocenters. The van der Waals surface area contributed by atoms with Gasteiger partial charge in [0, 0.05) is 31.5 Å². The molecule has 37 heavy (non-hydrogen) atoms. The van der Waals surface area contributed by atoms with Crippen LogP contribution in [0, 0.1) is 5.92 Å². The Kier molecular flexibility index (Phi) is 8.11. The molecule has 15 heteroatoms. The number of halogens is 4. The van der Waals surface area contributed by atoms with Gasteiger partial charge in [-0.3, -0.25) is 4.79 Å². The number of nitrogens with zero attached hydrogens (tertiary/aromatic N) is 5. The summed E-state index contributed by atoms with van der Waals surface area (Å²) in [6, 6.07) is 1.80. The molecule has 0 aliphatic carbocycles. The maximum Gasteiger partial charge on any atom is 0.418 e. The lowest BCUT2D eigenvalue weighted by Gasteiger charge is -2.18. The number of thiazole rings is 1. The van der Waals surface area contributed by atoms with Crippen molar-refractivity contribution in [2.75, 3.05) is 29.9 Å². The van der Waals surface area contributed by atoms with Crippen molar-refractivity contribution >= 4 is 40.5 Å². The lowest BCUT2D eigenvalue weighted by molar-refractivity contribution is -0.137. The molecular formula is C22H24ClF3N8O2S. The van der Waals surface area contributed by atoms with Crippen molar-refractivity contribution < 1.29 is 23.1 Å². The van der Waals surface area contributed by atoms with Crippen LogP contribution in [0.3, 0.4) is 0 Å². The molecule has 0 spiro atoms. The molecule has 3 aromatic rings. The lowest BCUT2D eigenvalue weighted by Crippen LogP contribution is -2.28. The topological polar surface area (TPSA) is 142 Å². The van der Waals surface area contributed by atoms with Crippen LogP contribution in [0.2, 0.25) is 5.02 Å². The van der Waals surface area contributed by atoms with Gasteiger partial charge in [0.1, 0.15) is 28.7 Å². The average Bonchev–Trinajstić information content (AvgIpc) is 3.55. The van der Waals surface area contributed by atoms with E-state index in [0.717, 1.165) is 37.0 Å². The fourth-order valence-electron chi connectivity index (χ4n) is 3.78. The monoisotopic (exact) mass is 556 g/mol. The maximum absolute atomic E-state index is 13.1. The normalized spacial score (nSPS) is 17.5. The van der Waals surface area contributed by atoms with Gasteiger partial charge in [-0.2, -0.15) is 13.2 Å². The summed E-state index contributed by atoms with van der Waals surface area (Å²) in [5.74, 6) is 0.402. The largest absolute Gasteiger partial charge is 0.418 e. The Morgan fingerprint density at radius 1 is 1.30 bits per heavy atom. The standard InChI is InChI=1S/C22H24ClF3N8O2S/c1-11(32-19(35)15-5-18(31-10-30-15)34-3-2-12(6-27)9-34)21-29-8-16(37-21)20(36)33-17-4-13(22(24,25)26)14(23)7-28-17/h4-5,7-8,10-12,20,36H,2-3,6,9,27H2,1H3,(H,28,33)(H,32,35)/t11?,12-,20?/m0/s1. The minimum Gasteiger partial charge on any atom is -0.369 e. The van der Waals surface area contributed by atoms with E-state index in [4.69, 9.17) is 17.3 Å². The van der Waals surface area contributed by atoms with Crippen LogP contribution in [0.15, 0.2) is 30.9 Å². The Balaban J connectivity index is 1.39. The van der Waals surface area contributed by atoms with Crippen LogP contribution >= 0.6 is 22.9 Å². The van der Waals surface area contributed by atoms with Gasteiger partial charge in [-0.05, 0) is 31.9 Å². The highest BCUT2D eigenvalue weighted by atomic mass is 35.5. The van der Waals surface area contributed by atoms with E-state index in [0.29, 0.717) is 34.2 Å². The average molecular weight is 557 g/mol. The van der Waals surface area contributed by atoms with E-state index in [2.05, 4.69) is 35.5 Å². The Morgan fingerprint density at radius 2 is 2.08 bits per heavy atom. The first-order valence-electron chi connectivity index (χ1n) is 11.3. The highest BCUT2D eigenvalue weighted by Crippen LogP contribution is 2.36. The zero-order chi connectivity index (χ0) is 26.7. The van der Waals surface area contributed by atoms with Crippen LogP contribution in [0.5, 0.6) is 0 Å². The van der Waals surface area contributed by atoms with Crippen LogP contribution in [-0.2, 0) is 6.18 Å². The summed E-state index contributed by atoms with van der Waals surface area (Å²) in [6.07, 6.45) is -1.53. The predicted octanol–water partition coefficient (Wildman–Crippen LogP) is 3.38. The van der Waals surface area contributed by atoms with E-state index >= 15 is 0 Å². The molecule has 1 aliphatic rings. The van der Waals surface area contributed by atoms with Gasteiger partial charge in [0.15, 0.2) is 6.23 Å². The number of pyridine rings is 1. The molecule has 198 valence electrons. The number of aromatic nitrogens is 4. The molecule has 0 radical (unpaired) electrons. The number of anilines is 2. The summed E-state index contributed by atoms with van der Waals surface area (Å²) >= 11 is 6.66. The Labute approximate surface area is 219 Å². The van der Waals surface area contributed by atoms with Gasteiger partial charge >= 0.3 is 6.18 Å². The minimum absolute atomic E-state index is 0.195. The Morgan fingerprint density at radius 3 is 2.78 bits per heavy atom. The van der Waals surface area contributed by atoms with Crippen LogP contribution in [0.25, 0.3) is 0 Å². The number of aliphatic hydroxyl groups excluding tert-OH is 1. The Bertz CT molecular complexity index is 1260. The highest BCUT2D eigenvalue weighted by Gasteiger charge is 2.34. The van der Waals surface area contributed by atoms with Crippen molar-refractivity contribution in [3.05, 3.63) is 57.0 Å². The second-order valence-corrected chi connectivity index (χ2v) is 9.99. The third kappa shape index (κ3) is 6.44. The third-order valence-corrected chi connectivity index (χ3v) is 7.34. The molecular weight excluding hydrogens is 533 g/mol. The van der Waals surface area contributed by atoms with Gasteiger partial charge in [0.25, 0.3) is 5.91 Å². The van der Waals surface area contributed by atoms with Crippen molar-refractivity contribution in [1.29, 1.82) is 0 Å². The molecule has 4 rings (SSSR count). The molecule has 4 heterocycles. The predicted molar refractivity (Wildman–Crippen MR) is 132 cm³/mol. The first-order chi connectivity index (χ1) is 17.5. The van der Waals surface area contributed by atoms with E-state index in [-0.39, 0.29) is 11.5 Å². The number of aliphatic hydroxyl groups is 1. The summed E-state index contributed by atoms with van der Waals surface area (Å²) in [5, 5.41) is 15.7. The molecule has 1 fully saturated rings. The van der Waals surface area contributed by atoms with E-state index in [9.17, 15) is 23.1 Å². The van der Waals surface area contributed by atoms with Crippen LogP contribution in [0.1, 0.15) is 51.6 Å². The number of hydrogen-bond acceptors (Lipinski definition) is 10. The van der Waals surface area contributed by atoms with Gasteiger partial charge in [0.2, 0.25) is 0 Å². The summed E-state index contributed by atoms with van der Waals surface area (Å²) in [4.78, 5) is 31.5. The molecule has 1 amide bonds. The number of nitrogens with one attached hydrogen (secondary N) is 2. The van der Waals surface area contributed by atoms with Gasteiger partial charge in [-0.1, -0.05) is 11.6 Å². The van der Waals surface area contributed by atoms with Crippen LogP contribution in [-0.4, -0.2) is 50.6 Å². The molecule has 0 bridgehead atoms. The van der Waals surface area contributed by atoms with Crippen LogP contribution in [0.4, 0.5) is 24.8 Å². The quantitative estimate of drug-likeness (QED) is 0.307. The van der Waals surface area contributed by atoms with E-state index in [1.54, 1.807) is 13.0 Å². The Hall–Kier alpha value is -3.07. The number of hydrogen-bond donors (Lipinski definition) is 4. The fourth-order valence-corrected chi connectivity index (χ4v) is 4.85. The number of nitrogens with two attached hydrogens (primary N) is 1. The molecule has 10 nitrogen and oxygen atoms in total. The number of carbonyl (C=O) groups excluding carboxylic acids is 1. The zero-order valence-electron chi connectivity index (χ0n) is 19.5. The minimum atomic E-state index is -4.67. The summed E-state index contributed by atoms with van der Waals surface area (Å²) < 4.78 is 39.2. The molecule has 1 aliphatic heterocycles. The maximum atomic E-state index is 13.1. The first kappa shape index (κ1) is 27.0. The SMILES string of the molecule is CC(NC(=O)c1cc(N2CC[C@@H](CN)C2)ncn1)c1ncc(C(O)Nc2cc(C(F)(F)F)c(Cl)cn2)s1. The zero-order valence-corrected chi connectivity index (χ0v) is 21.1. The lowest BCUT2D eigenvalue weighted by atomic mass is 10.1. The third-order valence-electron chi connectivity index (χ3n) is 5.80. The molecule has 1 saturated heterocycles. The van der Waals surface area contributed by atoms with Crippen molar-refractivity contribution in [3.8, 4) is 0 Å². The second-order valence-electron chi connectivity index (χ2n) is 8.49. The molecule has 0 aromatic carbocycles. The van der Waals surface area contributed by atoms with E-state index in [1.165, 1.54) is 12.5 Å². The number of rotatable bonds is 8. The number of amides is 1. The van der Waals surface area contributed by atoms with Gasteiger partial charge in [-0.25, -0.2) is 19.9 Å². The van der Waals surface area contributed by atoms with Crippen molar-refractivity contribution in [2.45, 2.75) is 31.8 Å². The molecule has 3 atom stereocenters. The van der Waals surface area contributed by atoms with Gasteiger partial charge < -0.3 is 26.4 Å². The smallest absolute Gasteiger partial charge is 0.369 e. The van der Waals surface area contributed by atoms with E-state index < -0.39 is 34.9 Å².